The first-order valence-corrected chi connectivity index (χ1v) is 35.3. The first kappa shape index (κ1) is 46.0. The zero-order chi connectivity index (χ0) is 83.4. The number of benzene rings is 15. The average Bonchev–Trinajstić information content (AvgIpc) is 1.42. The Morgan fingerprint density at radius 1 is 0.337 bits per heavy atom. The second kappa shape index (κ2) is 22.4. The molecule has 0 fully saturated rings. The van der Waals surface area contributed by atoms with E-state index in [0.29, 0.717) is 33.2 Å². The van der Waals surface area contributed by atoms with Crippen LogP contribution in [0.3, 0.4) is 0 Å². The van der Waals surface area contributed by atoms with Gasteiger partial charge in [-0.25, -0.2) is 0 Å². The van der Waals surface area contributed by atoms with E-state index >= 15 is 0 Å². The SMILES string of the molecule is [2H]c1cc(-c2c([2H])c([2H])c([2H])c([2H])c2Nc2ccc3c(c2)c2cc(-n4c5c([2H])c([2H])c([2H])c([2H])c5c5c([2H])c([2H])c([2H])c([2H])c54)cc4c2n3-c2cc3c(c5c2B4c2ccc(-c4cc(C(C)(C)C)cc(C(C)(C)C)c4)cc2N5c2ccc(-c4ccccc4)cc2)c2cccc4c5ccccc5c5ccccc5c5ccccc5n3c42)c([2H])c([2H])c1[2H]. The Labute approximate surface area is 627 Å². The minimum atomic E-state index is -0.733. The molecule has 2 aliphatic rings. The fraction of sp³-hybridized carbons (Fsp3) is 0.0816. The number of aromatic nitrogens is 3. The monoisotopic (exact) mass is 1350 g/mol. The van der Waals surface area contributed by atoms with E-state index in [-0.39, 0.29) is 49.5 Å². The van der Waals surface area contributed by atoms with Gasteiger partial charge >= 0.3 is 0 Å². The molecule has 492 valence electrons. The highest BCUT2D eigenvalue weighted by Gasteiger charge is 2.45. The molecule has 0 unspecified atom stereocenters. The number of nitrogens with one attached hydrogen (secondary N) is 1. The lowest BCUT2D eigenvalue weighted by Gasteiger charge is -2.41. The number of para-hydroxylation sites is 5. The predicted octanol–water partition coefficient (Wildman–Crippen LogP) is 24.4. The van der Waals surface area contributed by atoms with Crippen LogP contribution in [0.2, 0.25) is 0 Å². The van der Waals surface area contributed by atoms with Crippen LogP contribution in [-0.4, -0.2) is 20.2 Å². The third kappa shape index (κ3) is 8.94. The molecule has 0 spiro atoms. The van der Waals surface area contributed by atoms with Gasteiger partial charge in [-0.05, 0) is 166 Å². The van der Waals surface area contributed by atoms with Crippen molar-refractivity contribution >= 4 is 155 Å². The van der Waals surface area contributed by atoms with E-state index in [2.05, 4.69) is 231 Å². The maximum absolute atomic E-state index is 9.98. The fourth-order valence-corrected chi connectivity index (χ4v) is 17.0. The lowest BCUT2D eigenvalue weighted by Crippen LogP contribution is -2.60. The van der Waals surface area contributed by atoms with Crippen LogP contribution in [0.25, 0.3) is 148 Å². The molecule has 15 aromatic carbocycles. The summed E-state index contributed by atoms with van der Waals surface area (Å²) in [5, 5.41) is 12.5. The molecule has 19 aromatic rings. The van der Waals surface area contributed by atoms with Crippen molar-refractivity contribution in [1.82, 2.24) is 13.5 Å². The number of hydrogen-bond acceptors (Lipinski definition) is 2. The molecule has 21 rings (SSSR count). The van der Waals surface area contributed by atoms with Crippen LogP contribution >= 0.6 is 0 Å². The minimum Gasteiger partial charge on any atom is -0.355 e. The van der Waals surface area contributed by atoms with Gasteiger partial charge in [0, 0.05) is 88.3 Å². The van der Waals surface area contributed by atoms with Crippen LogP contribution < -0.4 is 26.6 Å². The van der Waals surface area contributed by atoms with E-state index in [9.17, 15) is 12.3 Å². The Kier molecular flexibility index (Phi) is 9.92. The van der Waals surface area contributed by atoms with Crippen molar-refractivity contribution in [3.05, 3.63) is 332 Å². The maximum atomic E-state index is 9.98. The maximum Gasteiger partial charge on any atom is 0.252 e. The van der Waals surface area contributed by atoms with E-state index in [1.807, 2.05) is 48.5 Å². The molecule has 1 N–H and O–H groups in total. The second-order valence-electron chi connectivity index (χ2n) is 29.7. The largest absolute Gasteiger partial charge is 0.355 e. The van der Waals surface area contributed by atoms with Crippen molar-refractivity contribution in [2.24, 2.45) is 0 Å². The summed E-state index contributed by atoms with van der Waals surface area (Å²) < 4.78 is 155. The highest BCUT2D eigenvalue weighted by atomic mass is 15.2. The van der Waals surface area contributed by atoms with E-state index in [0.717, 1.165) is 121 Å². The molecule has 0 radical (unpaired) electrons. The van der Waals surface area contributed by atoms with Crippen molar-refractivity contribution in [3.8, 4) is 44.8 Å². The van der Waals surface area contributed by atoms with Gasteiger partial charge in [0.1, 0.15) is 0 Å². The van der Waals surface area contributed by atoms with Crippen molar-refractivity contribution in [2.75, 3.05) is 10.2 Å². The van der Waals surface area contributed by atoms with Crippen LogP contribution in [0.5, 0.6) is 0 Å². The summed E-state index contributed by atoms with van der Waals surface area (Å²) in [6.07, 6.45) is 0. The summed E-state index contributed by atoms with van der Waals surface area (Å²) >= 11 is 0. The van der Waals surface area contributed by atoms with Crippen LogP contribution in [0.1, 0.15) is 74.6 Å². The Morgan fingerprint density at radius 3 is 1.68 bits per heavy atom. The standard InChI is InChI=1S/C98H72BN5/c1-97(2,3)65-52-64(53-66(55-65)98(4,5)6)63-46-50-82-89(54-63)102(68-48-44-61(45-49-68)60-26-9-7-10-27-60)96-92-79-39-25-38-78-74-34-16-14-32-72(74)71-31-13-15-33-73(71)75-35-18-24-43-87(75)103(94(78)79)90(92)59-91-93(96)99(82)83-58-69(101-85-41-22-19-36-76(85)77-37-20-23-42-86(77)101)57-81-80-56-67(47-51-88(80)104(91)95(81)83)100-84-40-21-17-30-70(84)62-28-11-8-12-29-62/h7-59,100H,1-6H3/i8D,11D,12D,17D,19D,20D,21D,22D,23D,28D,30D,36D,37D,40D,41D,42D. The van der Waals surface area contributed by atoms with Crippen molar-refractivity contribution in [3.63, 3.8) is 0 Å². The molecule has 6 heteroatoms. The Hall–Kier alpha value is -12.6. The molecule has 0 amide bonds. The number of hydrogen-bond donors (Lipinski definition) is 1. The summed E-state index contributed by atoms with van der Waals surface area (Å²) in [4.78, 5) is 2.45. The van der Waals surface area contributed by atoms with Gasteiger partial charge in [0.25, 0.3) is 6.71 Å². The van der Waals surface area contributed by atoms with Crippen molar-refractivity contribution in [1.29, 1.82) is 0 Å². The first-order chi connectivity index (χ1) is 57.5. The van der Waals surface area contributed by atoms with Crippen LogP contribution in [0, 0.1) is 0 Å². The van der Waals surface area contributed by atoms with Crippen LogP contribution in [0.4, 0.5) is 28.4 Å². The predicted molar refractivity (Wildman–Crippen MR) is 445 cm³/mol. The van der Waals surface area contributed by atoms with Gasteiger partial charge in [0.15, 0.2) is 0 Å². The summed E-state index contributed by atoms with van der Waals surface area (Å²) in [7, 11) is 0. The molecule has 0 aliphatic carbocycles. The van der Waals surface area contributed by atoms with E-state index < -0.39 is 103 Å². The van der Waals surface area contributed by atoms with Crippen LogP contribution in [0.15, 0.2) is 321 Å². The van der Waals surface area contributed by atoms with E-state index in [1.54, 1.807) is 4.57 Å². The lowest BCUT2D eigenvalue weighted by atomic mass is 9.33. The molecule has 4 aromatic heterocycles. The van der Waals surface area contributed by atoms with Gasteiger partial charge in [-0.2, -0.15) is 0 Å². The normalized spacial score (nSPS) is 15.0. The molecule has 0 atom stereocenters. The van der Waals surface area contributed by atoms with Gasteiger partial charge in [0.2, 0.25) is 0 Å². The zero-order valence-corrected chi connectivity index (χ0v) is 57.7. The summed E-state index contributed by atoms with van der Waals surface area (Å²) in [5.74, 6) is 0. The molecule has 0 saturated carbocycles. The number of rotatable bonds is 7. The third-order valence-electron chi connectivity index (χ3n) is 21.8. The lowest BCUT2D eigenvalue weighted by molar-refractivity contribution is 0.569. The quantitative estimate of drug-likeness (QED) is 0.161. The summed E-state index contributed by atoms with van der Waals surface area (Å²) in [6.45, 7) is 12.7. The Balaban J connectivity index is 0.982. The van der Waals surface area contributed by atoms with Gasteiger partial charge < -0.3 is 23.8 Å². The number of nitrogens with zero attached hydrogens (tertiary/aromatic N) is 4. The van der Waals surface area contributed by atoms with E-state index in [1.165, 1.54) is 17.2 Å². The summed E-state index contributed by atoms with van der Waals surface area (Å²) in [5.41, 5.74) is 15.9. The molecule has 104 heavy (non-hydrogen) atoms. The highest BCUT2D eigenvalue weighted by molar-refractivity contribution is 7.00. The first-order valence-electron chi connectivity index (χ1n) is 43.3. The van der Waals surface area contributed by atoms with Gasteiger partial charge in [-0.15, -0.1) is 0 Å². The van der Waals surface area contributed by atoms with Gasteiger partial charge in [-0.1, -0.05) is 284 Å². The summed E-state index contributed by atoms with van der Waals surface area (Å²) in [6, 6.07) is 69.9. The van der Waals surface area contributed by atoms with E-state index in [4.69, 9.17) is 9.60 Å². The number of fused-ring (bicyclic) bond motifs is 21. The number of anilines is 5. The zero-order valence-electron chi connectivity index (χ0n) is 73.7. The van der Waals surface area contributed by atoms with Gasteiger partial charge in [0.05, 0.1) is 60.7 Å². The third-order valence-corrected chi connectivity index (χ3v) is 21.8. The minimum absolute atomic E-state index is 0.0731. The second-order valence-corrected chi connectivity index (χ2v) is 29.7. The molecule has 6 heterocycles. The van der Waals surface area contributed by atoms with Crippen LogP contribution in [-0.2, 0) is 10.8 Å². The topological polar surface area (TPSA) is 29.5 Å². The molecule has 2 aliphatic heterocycles. The highest BCUT2D eigenvalue weighted by Crippen LogP contribution is 2.51. The van der Waals surface area contributed by atoms with Gasteiger partial charge in [-0.3, -0.25) is 0 Å². The molecule has 0 bridgehead atoms. The average molecular weight is 1350 g/mol. The molecule has 0 saturated heterocycles. The fourth-order valence-electron chi connectivity index (χ4n) is 17.0. The molecule has 5 nitrogen and oxygen atoms in total. The van der Waals surface area contributed by atoms with Crippen molar-refractivity contribution in [2.45, 2.75) is 52.4 Å². The Morgan fingerprint density at radius 2 is 0.952 bits per heavy atom. The molecular weight excluding hydrogens is 1260 g/mol. The Bertz CT molecular complexity index is 7820. The molecular formula is C98H72BN5. The smallest absolute Gasteiger partial charge is 0.252 e. The van der Waals surface area contributed by atoms with Crippen molar-refractivity contribution < 1.29 is 21.9 Å².